The van der Waals surface area contributed by atoms with Crippen molar-refractivity contribution in [2.24, 2.45) is 5.92 Å². The molecule has 5 nitrogen and oxygen atoms in total. The summed E-state index contributed by atoms with van der Waals surface area (Å²) in [4.78, 5) is 11.7. The molecule has 0 spiro atoms. The summed E-state index contributed by atoms with van der Waals surface area (Å²) >= 11 is 0. The van der Waals surface area contributed by atoms with Crippen LogP contribution in [0, 0.1) is 5.92 Å². The predicted octanol–water partition coefficient (Wildman–Crippen LogP) is 2.03. The molecule has 0 radical (unpaired) electrons. The minimum Gasteiger partial charge on any atom is -0.494 e. The molecule has 0 aromatic heterocycles. The molecule has 104 valence electrons. The average Bonchev–Trinajstić information content (AvgIpc) is 3.21. The Bertz CT molecular complexity index is 444. The van der Waals surface area contributed by atoms with Crippen LogP contribution in [0.2, 0.25) is 0 Å². The zero-order valence-corrected chi connectivity index (χ0v) is 11.1. The van der Waals surface area contributed by atoms with Gasteiger partial charge in [0.25, 0.3) is 0 Å². The second-order valence-electron chi connectivity index (χ2n) is 4.79. The van der Waals surface area contributed by atoms with Gasteiger partial charge >= 0.3 is 0 Å². The van der Waals surface area contributed by atoms with Crippen molar-refractivity contribution in [3.05, 3.63) is 18.2 Å². The number of benzene rings is 1. The molecule has 0 aliphatic heterocycles. The van der Waals surface area contributed by atoms with Crippen LogP contribution in [0.3, 0.4) is 0 Å². The third kappa shape index (κ3) is 4.44. The lowest BCUT2D eigenvalue weighted by atomic mass is 10.2. The number of ether oxygens (including phenoxy) is 2. The monoisotopic (exact) mass is 264 g/mol. The molecule has 19 heavy (non-hydrogen) atoms. The fourth-order valence-electron chi connectivity index (χ4n) is 1.82. The Hall–Kier alpha value is -1.75. The number of nitrogen functional groups attached to an aromatic ring is 1. The van der Waals surface area contributed by atoms with E-state index >= 15 is 0 Å². The molecular formula is C14H20N2O3. The van der Waals surface area contributed by atoms with Gasteiger partial charge in [-0.1, -0.05) is 12.8 Å². The van der Waals surface area contributed by atoms with Crippen LogP contribution in [0.15, 0.2) is 18.2 Å². The quantitative estimate of drug-likeness (QED) is 0.584. The maximum absolute atomic E-state index is 11.7. The highest BCUT2D eigenvalue weighted by Crippen LogP contribution is 2.32. The number of nitrogens with one attached hydrogen (secondary N) is 1. The summed E-state index contributed by atoms with van der Waals surface area (Å²) in [6.07, 6.45) is 3.66. The molecule has 1 aromatic carbocycles. The largest absolute Gasteiger partial charge is 0.494 e. The lowest BCUT2D eigenvalue weighted by Gasteiger charge is -2.11. The van der Waals surface area contributed by atoms with Gasteiger partial charge in [0.2, 0.25) is 5.91 Å². The highest BCUT2D eigenvalue weighted by atomic mass is 16.5. The lowest BCUT2D eigenvalue weighted by Crippen LogP contribution is -2.19. The molecule has 3 N–H and O–H groups in total. The maximum Gasteiger partial charge on any atom is 0.250 e. The Morgan fingerprint density at radius 1 is 1.47 bits per heavy atom. The molecule has 1 aliphatic rings. The number of hydrogen-bond donors (Lipinski definition) is 2. The van der Waals surface area contributed by atoms with E-state index < -0.39 is 0 Å². The highest BCUT2D eigenvalue weighted by molar-refractivity contribution is 5.93. The summed E-state index contributed by atoms with van der Waals surface area (Å²) in [6.45, 7) is 0.719. The van der Waals surface area contributed by atoms with E-state index in [0.717, 1.165) is 12.3 Å². The molecule has 1 fully saturated rings. The van der Waals surface area contributed by atoms with Crippen molar-refractivity contribution in [3.8, 4) is 5.75 Å². The fraction of sp³-hybridized carbons (Fsp3) is 0.500. The van der Waals surface area contributed by atoms with E-state index in [1.54, 1.807) is 18.2 Å². The SMILES string of the molecule is COc1cc(N)ccc1NC(=O)COCCC1CC1. The Morgan fingerprint density at radius 3 is 2.95 bits per heavy atom. The van der Waals surface area contributed by atoms with Gasteiger partial charge in [0.05, 0.1) is 12.8 Å². The number of carbonyl (C=O) groups is 1. The summed E-state index contributed by atoms with van der Waals surface area (Å²) in [6, 6.07) is 5.10. The van der Waals surface area contributed by atoms with Gasteiger partial charge in [-0.05, 0) is 24.5 Å². The Kier molecular flexibility index (Phi) is 4.63. The van der Waals surface area contributed by atoms with E-state index in [1.807, 2.05) is 0 Å². The van der Waals surface area contributed by atoms with E-state index in [-0.39, 0.29) is 12.5 Å². The van der Waals surface area contributed by atoms with Gasteiger partial charge in [-0.25, -0.2) is 0 Å². The Morgan fingerprint density at radius 2 is 2.26 bits per heavy atom. The molecule has 5 heteroatoms. The van der Waals surface area contributed by atoms with Crippen LogP contribution in [0.1, 0.15) is 19.3 Å². The van der Waals surface area contributed by atoms with Crippen molar-refractivity contribution >= 4 is 17.3 Å². The second-order valence-corrected chi connectivity index (χ2v) is 4.79. The normalized spacial score (nSPS) is 14.2. The molecule has 1 aromatic rings. The van der Waals surface area contributed by atoms with Crippen molar-refractivity contribution in [2.75, 3.05) is 31.4 Å². The minimum absolute atomic E-state index is 0.0697. The van der Waals surface area contributed by atoms with E-state index in [9.17, 15) is 4.79 Å². The van der Waals surface area contributed by atoms with Crippen molar-refractivity contribution in [2.45, 2.75) is 19.3 Å². The number of methoxy groups -OCH3 is 1. The lowest BCUT2D eigenvalue weighted by molar-refractivity contribution is -0.120. The molecule has 0 heterocycles. The number of anilines is 2. The summed E-state index contributed by atoms with van der Waals surface area (Å²) in [7, 11) is 1.54. The average molecular weight is 264 g/mol. The summed E-state index contributed by atoms with van der Waals surface area (Å²) in [5.74, 6) is 1.19. The van der Waals surface area contributed by atoms with E-state index in [4.69, 9.17) is 15.2 Å². The molecule has 0 unspecified atom stereocenters. The summed E-state index contributed by atoms with van der Waals surface area (Å²) < 4.78 is 10.5. The van der Waals surface area contributed by atoms with Crippen LogP contribution in [0.4, 0.5) is 11.4 Å². The molecular weight excluding hydrogens is 244 g/mol. The maximum atomic E-state index is 11.7. The number of nitrogens with two attached hydrogens (primary N) is 1. The van der Waals surface area contributed by atoms with Crippen molar-refractivity contribution in [1.29, 1.82) is 0 Å². The topological polar surface area (TPSA) is 73.6 Å². The van der Waals surface area contributed by atoms with Gasteiger partial charge in [-0.2, -0.15) is 0 Å². The Balaban J connectivity index is 1.77. The first-order chi connectivity index (χ1) is 9.19. The van der Waals surface area contributed by atoms with Crippen LogP contribution in [0.5, 0.6) is 5.75 Å². The van der Waals surface area contributed by atoms with E-state index in [1.165, 1.54) is 20.0 Å². The molecule has 1 amide bonds. The smallest absolute Gasteiger partial charge is 0.250 e. The minimum atomic E-state index is -0.182. The number of amides is 1. The second kappa shape index (κ2) is 6.43. The highest BCUT2D eigenvalue weighted by Gasteiger charge is 2.20. The first-order valence-corrected chi connectivity index (χ1v) is 6.50. The first-order valence-electron chi connectivity index (χ1n) is 6.50. The summed E-state index contributed by atoms with van der Waals surface area (Å²) in [5, 5.41) is 2.75. The standard InChI is InChI=1S/C14H20N2O3/c1-18-13-8-11(15)4-5-12(13)16-14(17)9-19-7-6-10-2-3-10/h4-5,8,10H,2-3,6-7,9,15H2,1H3,(H,16,17). The van der Waals surface area contributed by atoms with Crippen molar-refractivity contribution < 1.29 is 14.3 Å². The van der Waals surface area contributed by atoms with Crippen LogP contribution in [-0.4, -0.2) is 26.2 Å². The van der Waals surface area contributed by atoms with E-state index in [0.29, 0.717) is 23.7 Å². The molecule has 0 atom stereocenters. The van der Waals surface area contributed by atoms with Gasteiger partial charge in [0, 0.05) is 18.4 Å². The van der Waals surface area contributed by atoms with Crippen molar-refractivity contribution in [3.63, 3.8) is 0 Å². The Labute approximate surface area is 113 Å². The number of hydrogen-bond acceptors (Lipinski definition) is 4. The van der Waals surface area contributed by atoms with Gasteiger partial charge in [0.1, 0.15) is 12.4 Å². The van der Waals surface area contributed by atoms with Gasteiger partial charge < -0.3 is 20.5 Å². The molecule has 2 rings (SSSR count). The van der Waals surface area contributed by atoms with Gasteiger partial charge in [-0.3, -0.25) is 4.79 Å². The first kappa shape index (κ1) is 13.7. The molecule has 0 saturated heterocycles. The van der Waals surface area contributed by atoms with Gasteiger partial charge in [0.15, 0.2) is 0 Å². The number of carbonyl (C=O) groups excluding carboxylic acids is 1. The molecule has 1 aliphatic carbocycles. The number of rotatable bonds is 7. The van der Waals surface area contributed by atoms with Crippen LogP contribution < -0.4 is 15.8 Å². The fourth-order valence-corrected chi connectivity index (χ4v) is 1.82. The third-order valence-electron chi connectivity index (χ3n) is 3.10. The van der Waals surface area contributed by atoms with Crippen LogP contribution in [-0.2, 0) is 9.53 Å². The summed E-state index contributed by atoms with van der Waals surface area (Å²) in [5.41, 5.74) is 6.85. The zero-order chi connectivity index (χ0) is 13.7. The van der Waals surface area contributed by atoms with Crippen LogP contribution in [0.25, 0.3) is 0 Å². The predicted molar refractivity (Wildman–Crippen MR) is 74.2 cm³/mol. The third-order valence-corrected chi connectivity index (χ3v) is 3.10. The van der Waals surface area contributed by atoms with Gasteiger partial charge in [-0.15, -0.1) is 0 Å². The zero-order valence-electron chi connectivity index (χ0n) is 11.1. The molecule has 0 bridgehead atoms. The van der Waals surface area contributed by atoms with Crippen LogP contribution >= 0.6 is 0 Å². The van der Waals surface area contributed by atoms with Crippen molar-refractivity contribution in [1.82, 2.24) is 0 Å². The van der Waals surface area contributed by atoms with E-state index in [2.05, 4.69) is 5.32 Å². The molecule has 1 saturated carbocycles.